The monoisotopic (exact) mass is 278 g/mol. The molecule has 1 unspecified atom stereocenters. The van der Waals surface area contributed by atoms with E-state index >= 15 is 0 Å². The number of nitrogens with two attached hydrogens (primary N) is 1. The van der Waals surface area contributed by atoms with Gasteiger partial charge in [-0.15, -0.1) is 0 Å². The molecule has 1 atom stereocenters. The molecule has 1 aromatic rings. The Morgan fingerprint density at radius 3 is 2.84 bits per heavy atom. The Balaban J connectivity index is 2.16. The molecule has 1 heterocycles. The van der Waals surface area contributed by atoms with Gasteiger partial charge in [-0.3, -0.25) is 4.79 Å². The molecule has 2 rings (SSSR count). The average Bonchev–Trinajstić information content (AvgIpc) is 2.86. The second-order valence-corrected chi connectivity index (χ2v) is 9.48. The van der Waals surface area contributed by atoms with Crippen molar-refractivity contribution in [3.63, 3.8) is 0 Å². The molecule has 1 aliphatic rings. The summed E-state index contributed by atoms with van der Waals surface area (Å²) in [5, 5.41) is 0.896. The Kier molecular flexibility index (Phi) is 4.08. The van der Waals surface area contributed by atoms with Gasteiger partial charge in [0.2, 0.25) is 8.32 Å². The maximum absolute atomic E-state index is 12.4. The first-order valence-corrected chi connectivity index (χ1v) is 9.69. The van der Waals surface area contributed by atoms with E-state index in [0.717, 1.165) is 24.7 Å². The first-order valence-electron chi connectivity index (χ1n) is 6.74. The third kappa shape index (κ3) is 3.23. The van der Waals surface area contributed by atoms with Gasteiger partial charge in [-0.25, -0.2) is 0 Å². The summed E-state index contributed by atoms with van der Waals surface area (Å²) in [6.45, 7) is 5.89. The molecule has 104 valence electrons. The van der Waals surface area contributed by atoms with Crippen molar-refractivity contribution in [1.82, 2.24) is 4.90 Å². The van der Waals surface area contributed by atoms with E-state index in [1.165, 1.54) is 0 Å². The minimum Gasteiger partial charge on any atom is -0.428 e. The molecule has 0 aliphatic carbocycles. The summed E-state index contributed by atoms with van der Waals surface area (Å²) in [6, 6.07) is 7.41. The van der Waals surface area contributed by atoms with Crippen LogP contribution in [-0.2, 0) is 0 Å². The lowest BCUT2D eigenvalue weighted by atomic mass is 10.1. The number of amides is 1. The van der Waals surface area contributed by atoms with E-state index in [2.05, 4.69) is 0 Å². The minimum absolute atomic E-state index is 0.0519. The van der Waals surface area contributed by atoms with Crippen LogP contribution < -0.4 is 10.9 Å². The van der Waals surface area contributed by atoms with Gasteiger partial charge in [-0.05, 0) is 49.3 Å². The lowest BCUT2D eigenvalue weighted by Crippen LogP contribution is -2.42. The predicted octanol–water partition coefficient (Wildman–Crippen LogP) is 0.512. The van der Waals surface area contributed by atoms with Crippen molar-refractivity contribution >= 4 is 19.4 Å². The number of nitrogens with zero attached hydrogens (tertiary/aromatic N) is 1. The summed E-state index contributed by atoms with van der Waals surface area (Å²) in [6.07, 6.45) is 0.988. The van der Waals surface area contributed by atoms with Crippen LogP contribution in [0.5, 0.6) is 0 Å². The second-order valence-electron chi connectivity index (χ2n) is 5.78. The summed E-state index contributed by atoms with van der Waals surface area (Å²) in [5.41, 5.74) is 6.32. The van der Waals surface area contributed by atoms with Crippen molar-refractivity contribution in [2.45, 2.75) is 19.5 Å². The highest BCUT2D eigenvalue weighted by Gasteiger charge is 2.27. The summed E-state index contributed by atoms with van der Waals surface area (Å²) in [4.78, 5) is 24.4. The molecule has 0 saturated carbocycles. The summed E-state index contributed by atoms with van der Waals surface area (Å²) >= 11 is 0. The second kappa shape index (κ2) is 5.44. The van der Waals surface area contributed by atoms with Gasteiger partial charge in [0.1, 0.15) is 0 Å². The van der Waals surface area contributed by atoms with Crippen molar-refractivity contribution in [3.05, 3.63) is 29.8 Å². The average molecular weight is 278 g/mol. The van der Waals surface area contributed by atoms with Crippen LogP contribution in [0.15, 0.2) is 24.3 Å². The van der Waals surface area contributed by atoms with Gasteiger partial charge in [0.25, 0.3) is 5.91 Å². The number of likely N-dealkylation sites (tertiary alicyclic amines) is 1. The maximum Gasteiger partial charge on any atom is 0.253 e. The molecule has 0 bridgehead atoms. The SMILES string of the molecule is C[Si](C)(O)c1cccc(C(=O)N2CCC(CN)C2)c1. The van der Waals surface area contributed by atoms with Gasteiger partial charge in [0, 0.05) is 18.7 Å². The zero-order valence-corrected chi connectivity index (χ0v) is 12.6. The zero-order chi connectivity index (χ0) is 14.0. The molecule has 5 heteroatoms. The van der Waals surface area contributed by atoms with Crippen LogP contribution in [0.3, 0.4) is 0 Å². The number of benzene rings is 1. The first kappa shape index (κ1) is 14.2. The third-order valence-electron chi connectivity index (χ3n) is 3.72. The van der Waals surface area contributed by atoms with Crippen LogP contribution in [0.2, 0.25) is 13.1 Å². The quantitative estimate of drug-likeness (QED) is 0.792. The smallest absolute Gasteiger partial charge is 0.253 e. The summed E-state index contributed by atoms with van der Waals surface area (Å²) < 4.78 is 0. The highest BCUT2D eigenvalue weighted by atomic mass is 28.4. The molecule has 0 radical (unpaired) electrons. The van der Waals surface area contributed by atoms with Gasteiger partial charge in [-0.1, -0.05) is 12.1 Å². The fourth-order valence-electron chi connectivity index (χ4n) is 2.42. The van der Waals surface area contributed by atoms with Gasteiger partial charge in [0.15, 0.2) is 0 Å². The summed E-state index contributed by atoms with van der Waals surface area (Å²) in [7, 11) is -2.36. The number of hydrogen-bond donors (Lipinski definition) is 2. The standard InChI is InChI=1S/C14H22N2O2Si/c1-19(2,18)13-5-3-4-12(8-13)14(17)16-7-6-11(9-15)10-16/h3-5,8,11,18H,6-7,9-10,15H2,1-2H3. The number of rotatable bonds is 3. The molecule has 4 nitrogen and oxygen atoms in total. The topological polar surface area (TPSA) is 66.6 Å². The van der Waals surface area contributed by atoms with Gasteiger partial charge in [-0.2, -0.15) is 0 Å². The first-order chi connectivity index (χ1) is 8.91. The Hall–Kier alpha value is -1.17. The van der Waals surface area contributed by atoms with E-state index in [9.17, 15) is 9.59 Å². The van der Waals surface area contributed by atoms with Crippen LogP contribution in [0, 0.1) is 5.92 Å². The fraction of sp³-hybridized carbons (Fsp3) is 0.500. The van der Waals surface area contributed by atoms with Crippen molar-refractivity contribution in [1.29, 1.82) is 0 Å². The van der Waals surface area contributed by atoms with Crippen molar-refractivity contribution in [3.8, 4) is 0 Å². The molecule has 1 aliphatic heterocycles. The molecular weight excluding hydrogens is 256 g/mol. The molecule has 3 N–H and O–H groups in total. The van der Waals surface area contributed by atoms with E-state index in [4.69, 9.17) is 5.73 Å². The van der Waals surface area contributed by atoms with Crippen LogP contribution in [0.25, 0.3) is 0 Å². The molecule has 0 aromatic heterocycles. The van der Waals surface area contributed by atoms with Crippen molar-refractivity contribution < 1.29 is 9.59 Å². The van der Waals surface area contributed by atoms with Crippen molar-refractivity contribution in [2.24, 2.45) is 11.7 Å². The normalized spacial score (nSPS) is 19.8. The predicted molar refractivity (Wildman–Crippen MR) is 78.8 cm³/mol. The van der Waals surface area contributed by atoms with Gasteiger partial charge in [0.05, 0.1) is 0 Å². The fourth-order valence-corrected chi connectivity index (χ4v) is 3.44. The third-order valence-corrected chi connectivity index (χ3v) is 5.45. The highest BCUT2D eigenvalue weighted by molar-refractivity contribution is 6.83. The number of hydrogen-bond acceptors (Lipinski definition) is 3. The van der Waals surface area contributed by atoms with Crippen LogP contribution in [0.1, 0.15) is 16.8 Å². The Morgan fingerprint density at radius 2 is 2.26 bits per heavy atom. The van der Waals surface area contributed by atoms with E-state index in [1.807, 2.05) is 42.3 Å². The molecule has 1 aromatic carbocycles. The largest absolute Gasteiger partial charge is 0.428 e. The highest BCUT2D eigenvalue weighted by Crippen LogP contribution is 2.17. The van der Waals surface area contributed by atoms with Gasteiger partial charge < -0.3 is 15.4 Å². The molecular formula is C14H22N2O2Si. The molecule has 1 fully saturated rings. The molecule has 1 amide bonds. The van der Waals surface area contributed by atoms with E-state index in [0.29, 0.717) is 18.0 Å². The zero-order valence-electron chi connectivity index (χ0n) is 11.6. The molecule has 19 heavy (non-hydrogen) atoms. The van der Waals surface area contributed by atoms with Crippen LogP contribution in [-0.4, -0.2) is 43.6 Å². The minimum atomic E-state index is -2.36. The molecule has 0 spiro atoms. The molecule has 1 saturated heterocycles. The van der Waals surface area contributed by atoms with E-state index in [-0.39, 0.29) is 5.91 Å². The van der Waals surface area contributed by atoms with E-state index in [1.54, 1.807) is 0 Å². The maximum atomic E-state index is 12.4. The lowest BCUT2D eigenvalue weighted by molar-refractivity contribution is 0.0788. The van der Waals surface area contributed by atoms with Crippen LogP contribution in [0.4, 0.5) is 0 Å². The Bertz CT molecular complexity index is 471. The van der Waals surface area contributed by atoms with E-state index < -0.39 is 8.32 Å². The Morgan fingerprint density at radius 1 is 1.53 bits per heavy atom. The number of carbonyl (C=O) groups is 1. The van der Waals surface area contributed by atoms with Gasteiger partial charge >= 0.3 is 0 Å². The Labute approximate surface area is 115 Å². The van der Waals surface area contributed by atoms with Crippen molar-refractivity contribution in [2.75, 3.05) is 19.6 Å². The van der Waals surface area contributed by atoms with Crippen LogP contribution >= 0.6 is 0 Å². The number of carbonyl (C=O) groups excluding carboxylic acids is 1. The lowest BCUT2D eigenvalue weighted by Gasteiger charge is -2.19. The summed E-state index contributed by atoms with van der Waals surface area (Å²) in [5.74, 6) is 0.479.